The summed E-state index contributed by atoms with van der Waals surface area (Å²) in [6.45, 7) is 1.87. The molecule has 0 aromatic heterocycles. The van der Waals surface area contributed by atoms with Crippen LogP contribution in [0.2, 0.25) is 0 Å². The van der Waals surface area contributed by atoms with Crippen LogP contribution in [0.1, 0.15) is 24.5 Å². The number of alkyl halides is 3. The highest BCUT2D eigenvalue weighted by Gasteiger charge is 2.23. The largest absolute Gasteiger partial charge is 0.458 e. The predicted octanol–water partition coefficient (Wildman–Crippen LogP) is 6.19. The van der Waals surface area contributed by atoms with E-state index in [2.05, 4.69) is 0 Å². The molecule has 2 aromatic rings. The van der Waals surface area contributed by atoms with E-state index in [9.17, 15) is 26.3 Å². The SMILES string of the molecule is CC=CCCc1ccc(-c2cc(F)c(C#CC(F)(F)F)c(F)c2)c(F)c1. The van der Waals surface area contributed by atoms with Gasteiger partial charge in [0, 0.05) is 11.5 Å². The lowest BCUT2D eigenvalue weighted by atomic mass is 9.99. The van der Waals surface area contributed by atoms with Crippen molar-refractivity contribution in [2.45, 2.75) is 25.9 Å². The van der Waals surface area contributed by atoms with E-state index in [1.165, 1.54) is 18.1 Å². The minimum Gasteiger partial charge on any atom is -0.206 e. The molecule has 0 unspecified atom stereocenters. The number of rotatable bonds is 4. The van der Waals surface area contributed by atoms with Gasteiger partial charge >= 0.3 is 6.18 Å². The Hall–Kier alpha value is -2.68. The lowest BCUT2D eigenvalue weighted by Crippen LogP contribution is -2.02. The van der Waals surface area contributed by atoms with Crippen LogP contribution in [0.15, 0.2) is 42.5 Å². The maximum atomic E-state index is 14.3. The summed E-state index contributed by atoms with van der Waals surface area (Å²) in [6, 6.07) is 5.82. The zero-order chi connectivity index (χ0) is 19.3. The van der Waals surface area contributed by atoms with Crippen LogP contribution in [0, 0.1) is 29.3 Å². The Kier molecular flexibility index (Phi) is 6.14. The van der Waals surface area contributed by atoms with Crippen molar-refractivity contribution in [3.63, 3.8) is 0 Å². The summed E-state index contributed by atoms with van der Waals surface area (Å²) in [5.74, 6) is -0.999. The first-order valence-electron chi connectivity index (χ1n) is 7.70. The summed E-state index contributed by atoms with van der Waals surface area (Å²) in [4.78, 5) is 0. The molecule has 0 amide bonds. The number of benzene rings is 2. The highest BCUT2D eigenvalue weighted by molar-refractivity contribution is 5.66. The molecule has 0 fully saturated rings. The van der Waals surface area contributed by atoms with Crippen LogP contribution in [0.5, 0.6) is 0 Å². The van der Waals surface area contributed by atoms with Gasteiger partial charge in [-0.15, -0.1) is 0 Å². The molecule has 0 aliphatic carbocycles. The topological polar surface area (TPSA) is 0 Å². The normalized spacial score (nSPS) is 11.5. The van der Waals surface area contributed by atoms with E-state index in [-0.39, 0.29) is 11.1 Å². The van der Waals surface area contributed by atoms with E-state index in [4.69, 9.17) is 0 Å². The van der Waals surface area contributed by atoms with E-state index < -0.39 is 29.2 Å². The fourth-order valence-electron chi connectivity index (χ4n) is 2.35. The third-order valence-corrected chi connectivity index (χ3v) is 3.55. The molecule has 0 heterocycles. The van der Waals surface area contributed by atoms with Crippen LogP contribution in [-0.4, -0.2) is 6.18 Å². The molecule has 26 heavy (non-hydrogen) atoms. The first-order valence-corrected chi connectivity index (χ1v) is 7.70. The van der Waals surface area contributed by atoms with Gasteiger partial charge < -0.3 is 0 Å². The summed E-state index contributed by atoms with van der Waals surface area (Å²) in [7, 11) is 0. The Balaban J connectivity index is 2.36. The number of aryl methyl sites for hydroxylation is 1. The molecular formula is C20H14F6. The second kappa shape index (κ2) is 8.13. The van der Waals surface area contributed by atoms with E-state index in [0.29, 0.717) is 6.42 Å². The molecule has 2 rings (SSSR count). The Morgan fingerprint density at radius 1 is 0.962 bits per heavy atom. The predicted molar refractivity (Wildman–Crippen MR) is 87.8 cm³/mol. The smallest absolute Gasteiger partial charge is 0.206 e. The molecule has 0 N–H and O–H groups in total. The van der Waals surface area contributed by atoms with Gasteiger partial charge in [-0.25, -0.2) is 13.2 Å². The van der Waals surface area contributed by atoms with Gasteiger partial charge in [-0.3, -0.25) is 0 Å². The zero-order valence-electron chi connectivity index (χ0n) is 13.7. The molecule has 0 bridgehead atoms. The Morgan fingerprint density at radius 3 is 2.15 bits per heavy atom. The van der Waals surface area contributed by atoms with Crippen LogP contribution in [0.25, 0.3) is 11.1 Å². The van der Waals surface area contributed by atoms with Crippen LogP contribution in [0.3, 0.4) is 0 Å². The average Bonchev–Trinajstić information content (AvgIpc) is 2.53. The highest BCUT2D eigenvalue weighted by atomic mass is 19.4. The van der Waals surface area contributed by atoms with Crippen molar-refractivity contribution in [3.05, 3.63) is 71.1 Å². The van der Waals surface area contributed by atoms with Gasteiger partial charge in [0.25, 0.3) is 0 Å². The highest BCUT2D eigenvalue weighted by Crippen LogP contribution is 2.27. The van der Waals surface area contributed by atoms with Gasteiger partial charge in [-0.2, -0.15) is 13.2 Å². The standard InChI is InChI=1S/C20H14F6/c1-2-3-4-5-13-6-7-15(17(21)10-13)14-11-18(22)16(19(23)12-14)8-9-20(24,25)26/h2-3,6-7,10-12H,4-5H2,1H3. The maximum Gasteiger partial charge on any atom is 0.458 e. The summed E-state index contributed by atoms with van der Waals surface area (Å²) in [5, 5.41) is 0. The van der Waals surface area contributed by atoms with Crippen molar-refractivity contribution < 1.29 is 26.3 Å². The van der Waals surface area contributed by atoms with Crippen molar-refractivity contribution in [1.82, 2.24) is 0 Å². The van der Waals surface area contributed by atoms with E-state index in [0.717, 1.165) is 30.0 Å². The second-order valence-electron chi connectivity index (χ2n) is 5.48. The zero-order valence-corrected chi connectivity index (χ0v) is 13.7. The van der Waals surface area contributed by atoms with Gasteiger partial charge in [0.1, 0.15) is 17.5 Å². The molecule has 0 atom stereocenters. The van der Waals surface area contributed by atoms with Crippen LogP contribution in [-0.2, 0) is 6.42 Å². The Labute approximate surface area is 147 Å². The Morgan fingerprint density at radius 2 is 1.62 bits per heavy atom. The summed E-state index contributed by atoms with van der Waals surface area (Å²) >= 11 is 0. The number of hydrogen-bond acceptors (Lipinski definition) is 0. The van der Waals surface area contributed by atoms with Crippen molar-refractivity contribution >= 4 is 0 Å². The second-order valence-corrected chi connectivity index (χ2v) is 5.48. The number of hydrogen-bond donors (Lipinski definition) is 0. The quantitative estimate of drug-likeness (QED) is 0.343. The fourth-order valence-corrected chi connectivity index (χ4v) is 2.35. The van der Waals surface area contributed by atoms with Crippen molar-refractivity contribution in [1.29, 1.82) is 0 Å². The van der Waals surface area contributed by atoms with Crippen LogP contribution < -0.4 is 0 Å². The molecule has 0 nitrogen and oxygen atoms in total. The average molecular weight is 368 g/mol. The lowest BCUT2D eigenvalue weighted by molar-refractivity contribution is -0.0696. The Bertz CT molecular complexity index is 858. The van der Waals surface area contributed by atoms with Gasteiger partial charge in [0.15, 0.2) is 0 Å². The summed E-state index contributed by atoms with van der Waals surface area (Å²) in [5.41, 5.74) is -0.449. The molecule has 0 aliphatic rings. The van der Waals surface area contributed by atoms with Crippen molar-refractivity contribution in [3.8, 4) is 23.0 Å². The molecule has 2 aromatic carbocycles. The molecule has 0 saturated heterocycles. The van der Waals surface area contributed by atoms with E-state index in [1.54, 1.807) is 6.07 Å². The third-order valence-electron chi connectivity index (χ3n) is 3.55. The first kappa shape index (κ1) is 19.6. The molecule has 0 saturated carbocycles. The third kappa shape index (κ3) is 5.16. The number of halogens is 6. The fraction of sp³-hybridized carbons (Fsp3) is 0.200. The summed E-state index contributed by atoms with van der Waals surface area (Å²) in [6.07, 6.45) is 0.268. The van der Waals surface area contributed by atoms with Gasteiger partial charge in [0.2, 0.25) is 0 Å². The molecule has 0 spiro atoms. The lowest BCUT2D eigenvalue weighted by Gasteiger charge is -2.08. The minimum atomic E-state index is -4.87. The van der Waals surface area contributed by atoms with Gasteiger partial charge in [-0.05, 0) is 49.1 Å². The first-order chi connectivity index (χ1) is 12.2. The molecular weight excluding hydrogens is 354 g/mol. The molecule has 0 aliphatic heterocycles. The van der Waals surface area contributed by atoms with Crippen LogP contribution in [0.4, 0.5) is 26.3 Å². The maximum absolute atomic E-state index is 14.3. The monoisotopic (exact) mass is 368 g/mol. The van der Waals surface area contributed by atoms with E-state index in [1.807, 2.05) is 19.1 Å². The minimum absolute atomic E-state index is 0.0482. The summed E-state index contributed by atoms with van der Waals surface area (Å²) < 4.78 is 78.4. The molecule has 0 radical (unpaired) electrons. The molecule has 136 valence electrons. The number of allylic oxidation sites excluding steroid dienone is 2. The van der Waals surface area contributed by atoms with Gasteiger partial charge in [-0.1, -0.05) is 30.2 Å². The van der Waals surface area contributed by atoms with Crippen molar-refractivity contribution in [2.75, 3.05) is 0 Å². The van der Waals surface area contributed by atoms with E-state index >= 15 is 0 Å². The van der Waals surface area contributed by atoms with Crippen molar-refractivity contribution in [2.24, 2.45) is 0 Å². The molecule has 6 heteroatoms. The van der Waals surface area contributed by atoms with Crippen LogP contribution >= 0.6 is 0 Å². The van der Waals surface area contributed by atoms with Gasteiger partial charge in [0.05, 0.1) is 5.56 Å².